The first-order valence-corrected chi connectivity index (χ1v) is 12.8. The Balaban J connectivity index is 0.000000202. The van der Waals surface area contributed by atoms with Crippen LogP contribution in [0.25, 0.3) is 0 Å². The van der Waals surface area contributed by atoms with Crippen molar-refractivity contribution in [3.05, 3.63) is 46.5 Å². The summed E-state index contributed by atoms with van der Waals surface area (Å²) in [5.74, 6) is 1.31. The number of anilines is 3. The molecule has 0 aromatic heterocycles. The van der Waals surface area contributed by atoms with Gasteiger partial charge in [-0.3, -0.25) is 10.1 Å². The van der Waals surface area contributed by atoms with E-state index in [0.29, 0.717) is 23.7 Å². The van der Waals surface area contributed by atoms with Gasteiger partial charge in [-0.25, -0.2) is 0 Å². The molecule has 2 aromatic rings. The van der Waals surface area contributed by atoms with Crippen molar-refractivity contribution in [2.45, 2.75) is 38.5 Å². The minimum absolute atomic E-state index is 0.1000. The second kappa shape index (κ2) is 14.4. The first kappa shape index (κ1) is 27.3. The molecule has 4 rings (SSSR count). The van der Waals surface area contributed by atoms with E-state index in [9.17, 15) is 10.1 Å². The number of ether oxygens (including phenoxy) is 2. The van der Waals surface area contributed by atoms with E-state index in [4.69, 9.17) is 26.7 Å². The first-order valence-electron chi connectivity index (χ1n) is 12.8. The Labute approximate surface area is 213 Å². The third kappa shape index (κ3) is 9.09. The van der Waals surface area contributed by atoms with Crippen LogP contribution in [0.3, 0.4) is 0 Å². The number of nitro groups is 1. The summed E-state index contributed by atoms with van der Waals surface area (Å²) in [6, 6.07) is 9.98. The zero-order valence-corrected chi connectivity index (χ0v) is 21.1. The largest absolute Gasteiger partial charge is 0.493 e. The normalized spacial score (nSPS) is 15.9. The van der Waals surface area contributed by atoms with Crippen molar-refractivity contribution in [3.63, 3.8) is 0 Å². The predicted molar refractivity (Wildman–Crippen MR) is 144 cm³/mol. The molecule has 2 fully saturated rings. The van der Waals surface area contributed by atoms with Crippen molar-refractivity contribution in [2.24, 2.45) is 0 Å². The maximum atomic E-state index is 10.7. The molecule has 0 unspecified atom stereocenters. The zero-order valence-electron chi connectivity index (χ0n) is 21.1. The summed E-state index contributed by atoms with van der Waals surface area (Å²) in [5.41, 5.74) is 18.1. The molecule has 10 heteroatoms. The average molecular weight is 501 g/mol. The number of nitrogens with zero attached hydrogens (tertiary/aromatic N) is 3. The minimum atomic E-state index is -0.494. The highest BCUT2D eigenvalue weighted by Gasteiger charge is 2.13. The fourth-order valence-corrected chi connectivity index (χ4v) is 4.38. The van der Waals surface area contributed by atoms with Crippen LogP contribution < -0.4 is 26.7 Å². The number of likely N-dealkylation sites (tertiary alicyclic amines) is 2. The Morgan fingerprint density at radius 2 is 1.19 bits per heavy atom. The van der Waals surface area contributed by atoms with Gasteiger partial charge in [0.05, 0.1) is 35.6 Å². The number of nitrogens with two attached hydrogens (primary N) is 3. The third-order valence-corrected chi connectivity index (χ3v) is 6.43. The molecule has 2 saturated heterocycles. The number of benzene rings is 2. The van der Waals surface area contributed by atoms with E-state index in [-0.39, 0.29) is 11.4 Å². The lowest BCUT2D eigenvalue weighted by Crippen LogP contribution is -2.21. The number of nitro benzene ring substituents is 1. The molecular formula is C26H40N6O4. The molecule has 198 valence electrons. The highest BCUT2D eigenvalue weighted by atomic mass is 16.6. The smallest absolute Gasteiger partial charge is 0.295 e. The van der Waals surface area contributed by atoms with Crippen molar-refractivity contribution in [1.29, 1.82) is 0 Å². The molecule has 10 nitrogen and oxygen atoms in total. The predicted octanol–water partition coefficient (Wildman–Crippen LogP) is 3.76. The lowest BCUT2D eigenvalue weighted by atomic mass is 10.2. The van der Waals surface area contributed by atoms with E-state index in [1.165, 1.54) is 64.0 Å². The molecule has 0 bridgehead atoms. The van der Waals surface area contributed by atoms with Crippen LogP contribution in [0.15, 0.2) is 36.4 Å². The quantitative estimate of drug-likeness (QED) is 0.182. The first-order chi connectivity index (χ1) is 17.4. The van der Waals surface area contributed by atoms with Gasteiger partial charge in [-0.1, -0.05) is 0 Å². The maximum absolute atomic E-state index is 10.7. The molecule has 6 N–H and O–H groups in total. The van der Waals surface area contributed by atoms with Crippen LogP contribution in [-0.4, -0.2) is 67.2 Å². The molecule has 2 aromatic carbocycles. The second-order valence-electron chi connectivity index (χ2n) is 9.27. The summed E-state index contributed by atoms with van der Waals surface area (Å²) in [4.78, 5) is 15.1. The molecule has 0 amide bonds. The van der Waals surface area contributed by atoms with E-state index >= 15 is 0 Å². The van der Waals surface area contributed by atoms with Gasteiger partial charge in [0.2, 0.25) is 0 Å². The standard InChI is InChI=1S/C13H19N3O3.C13H21N3O/c14-12-5-4-11(10-13(12)16(17)18)19-9-3-8-15-6-1-2-7-15;14-12-5-4-11(10-13(12)15)17-9-3-8-16-6-1-2-7-16/h4-5,10H,1-3,6-9,14H2;4-5,10H,1-3,6-9,14-15H2. The highest BCUT2D eigenvalue weighted by molar-refractivity contribution is 5.65. The summed E-state index contributed by atoms with van der Waals surface area (Å²) in [6.07, 6.45) is 7.24. The summed E-state index contributed by atoms with van der Waals surface area (Å²) < 4.78 is 11.2. The molecule has 2 aliphatic rings. The molecular weight excluding hydrogens is 460 g/mol. The topological polar surface area (TPSA) is 146 Å². The zero-order chi connectivity index (χ0) is 25.8. The molecule has 0 spiro atoms. The van der Waals surface area contributed by atoms with Gasteiger partial charge in [0.25, 0.3) is 5.69 Å². The van der Waals surface area contributed by atoms with Gasteiger partial charge in [-0.15, -0.1) is 0 Å². The molecule has 0 saturated carbocycles. The Kier molecular flexibility index (Phi) is 10.9. The Morgan fingerprint density at radius 3 is 1.67 bits per heavy atom. The molecule has 36 heavy (non-hydrogen) atoms. The third-order valence-electron chi connectivity index (χ3n) is 6.43. The lowest BCUT2D eigenvalue weighted by Gasteiger charge is -2.14. The summed E-state index contributed by atoms with van der Waals surface area (Å²) in [7, 11) is 0. The maximum Gasteiger partial charge on any atom is 0.295 e. The van der Waals surface area contributed by atoms with Gasteiger partial charge in [0, 0.05) is 19.2 Å². The van der Waals surface area contributed by atoms with Crippen LogP contribution in [0, 0.1) is 10.1 Å². The Bertz CT molecular complexity index is 961. The summed E-state index contributed by atoms with van der Waals surface area (Å²) in [6.45, 7) is 8.29. The van der Waals surface area contributed by atoms with Crippen LogP contribution in [-0.2, 0) is 0 Å². The van der Waals surface area contributed by atoms with Crippen molar-refractivity contribution in [2.75, 3.05) is 69.7 Å². The van der Waals surface area contributed by atoms with Gasteiger partial charge in [-0.2, -0.15) is 0 Å². The van der Waals surface area contributed by atoms with Crippen LogP contribution in [0.1, 0.15) is 38.5 Å². The van der Waals surface area contributed by atoms with Gasteiger partial charge in [-0.05, 0) is 89.0 Å². The monoisotopic (exact) mass is 500 g/mol. The highest BCUT2D eigenvalue weighted by Crippen LogP contribution is 2.26. The van der Waals surface area contributed by atoms with E-state index in [1.807, 2.05) is 6.07 Å². The summed E-state index contributed by atoms with van der Waals surface area (Å²) >= 11 is 0. The van der Waals surface area contributed by atoms with Crippen LogP contribution in [0.4, 0.5) is 22.7 Å². The van der Waals surface area contributed by atoms with Gasteiger partial charge >= 0.3 is 0 Å². The van der Waals surface area contributed by atoms with Crippen molar-refractivity contribution in [1.82, 2.24) is 9.80 Å². The molecule has 0 aliphatic carbocycles. The van der Waals surface area contributed by atoms with Crippen molar-refractivity contribution >= 4 is 22.7 Å². The van der Waals surface area contributed by atoms with Crippen LogP contribution >= 0.6 is 0 Å². The minimum Gasteiger partial charge on any atom is -0.493 e. The van der Waals surface area contributed by atoms with Crippen molar-refractivity contribution in [3.8, 4) is 11.5 Å². The summed E-state index contributed by atoms with van der Waals surface area (Å²) in [5, 5.41) is 10.7. The average Bonchev–Trinajstić information content (AvgIpc) is 3.58. The van der Waals surface area contributed by atoms with Gasteiger partial charge in [0.1, 0.15) is 17.2 Å². The number of nitrogen functional groups attached to an aromatic ring is 3. The molecule has 0 radical (unpaired) electrons. The number of hydrogen-bond acceptors (Lipinski definition) is 9. The lowest BCUT2D eigenvalue weighted by molar-refractivity contribution is -0.384. The number of rotatable bonds is 11. The SMILES string of the molecule is Nc1ccc(OCCCN2CCCC2)cc1N.Nc1ccc(OCCCN2CCCC2)cc1[N+](=O)[O-]. The van der Waals surface area contributed by atoms with Gasteiger partial charge < -0.3 is 36.5 Å². The Morgan fingerprint density at radius 1 is 0.722 bits per heavy atom. The van der Waals surface area contributed by atoms with Crippen molar-refractivity contribution < 1.29 is 14.4 Å². The number of hydrogen-bond donors (Lipinski definition) is 3. The molecule has 2 heterocycles. The van der Waals surface area contributed by atoms with Crippen LogP contribution in [0.2, 0.25) is 0 Å². The molecule has 2 aliphatic heterocycles. The fraction of sp³-hybridized carbons (Fsp3) is 0.538. The fourth-order valence-electron chi connectivity index (χ4n) is 4.38. The van der Waals surface area contributed by atoms with E-state index < -0.39 is 4.92 Å². The molecule has 0 atom stereocenters. The Hall–Kier alpha value is -3.24. The van der Waals surface area contributed by atoms with Gasteiger partial charge in [0.15, 0.2) is 0 Å². The van der Waals surface area contributed by atoms with E-state index in [2.05, 4.69) is 9.80 Å². The van der Waals surface area contributed by atoms with E-state index in [1.54, 1.807) is 18.2 Å². The second-order valence-corrected chi connectivity index (χ2v) is 9.27. The van der Waals surface area contributed by atoms with Crippen LogP contribution in [0.5, 0.6) is 11.5 Å². The van der Waals surface area contributed by atoms with E-state index in [0.717, 1.165) is 38.3 Å².